The van der Waals surface area contributed by atoms with Gasteiger partial charge in [0.05, 0.1) is 29.8 Å². The Morgan fingerprint density at radius 3 is 2.76 bits per heavy atom. The zero-order valence-corrected chi connectivity index (χ0v) is 22.6. The molecule has 4 unspecified atom stereocenters. The maximum atomic E-state index is 14.1. The van der Waals surface area contributed by atoms with Gasteiger partial charge in [0.25, 0.3) is 0 Å². The molecular weight excluding hydrogens is 520 g/mol. The van der Waals surface area contributed by atoms with Crippen LogP contribution in [0.1, 0.15) is 46.0 Å². The summed E-state index contributed by atoms with van der Waals surface area (Å²) in [7, 11) is 0. The maximum Gasteiger partial charge on any atom is 0.310 e. The molecule has 190 valence electrons. The van der Waals surface area contributed by atoms with Crippen LogP contribution in [0.25, 0.3) is 0 Å². The Kier molecular flexibility index (Phi) is 9.31. The van der Waals surface area contributed by atoms with Crippen molar-refractivity contribution in [3.63, 3.8) is 0 Å². The standard InChI is InChI=1S/C25H37BrN2O5S/c1-5-8-9-14-33-24(32)18-19-22(30)28(12-13-29)21(25(19)15-17(26)20(18)34-25)23(31)27(11-7-3)16(4)10-6-2/h5,7,16-21,29H,1,3,6,8-15H2,2,4H3/t16?,17?,18-,19-,20-,21?,25?/m0/s1. The molecule has 7 nitrogen and oxygen atoms in total. The van der Waals surface area contributed by atoms with Crippen LogP contribution in [-0.4, -0.2) is 85.9 Å². The molecule has 3 aliphatic heterocycles. The van der Waals surface area contributed by atoms with Crippen molar-refractivity contribution < 1.29 is 24.2 Å². The van der Waals surface area contributed by atoms with E-state index in [9.17, 15) is 19.5 Å². The largest absolute Gasteiger partial charge is 0.465 e. The molecule has 0 aromatic heterocycles. The van der Waals surface area contributed by atoms with Crippen molar-refractivity contribution in [1.29, 1.82) is 0 Å². The number of allylic oxidation sites excluding steroid dienone is 1. The van der Waals surface area contributed by atoms with Crippen molar-refractivity contribution in [2.45, 2.75) is 72.9 Å². The summed E-state index contributed by atoms with van der Waals surface area (Å²) in [5.74, 6) is -1.96. The van der Waals surface area contributed by atoms with Gasteiger partial charge >= 0.3 is 5.97 Å². The first kappa shape index (κ1) is 27.3. The molecule has 7 atom stereocenters. The van der Waals surface area contributed by atoms with Gasteiger partial charge in [-0.15, -0.1) is 24.9 Å². The second-order valence-corrected chi connectivity index (χ2v) is 12.2. The Morgan fingerprint density at radius 2 is 2.15 bits per heavy atom. The quantitative estimate of drug-likeness (QED) is 0.162. The van der Waals surface area contributed by atoms with E-state index in [4.69, 9.17) is 4.74 Å². The third kappa shape index (κ3) is 4.72. The van der Waals surface area contributed by atoms with Crippen LogP contribution in [0.3, 0.4) is 0 Å². The number of ether oxygens (including phenoxy) is 1. The molecule has 3 saturated heterocycles. The number of halogens is 1. The minimum atomic E-state index is -0.731. The van der Waals surface area contributed by atoms with Gasteiger partial charge < -0.3 is 19.6 Å². The van der Waals surface area contributed by atoms with E-state index in [-0.39, 0.29) is 53.7 Å². The second kappa shape index (κ2) is 11.6. The topological polar surface area (TPSA) is 87.1 Å². The molecule has 0 aromatic rings. The average Bonchev–Trinajstić information content (AvgIpc) is 3.39. The molecular formula is C25H37BrN2O5S. The SMILES string of the molecule is C=CCCCOC(=O)[C@H]1[C@H]2C(=O)N(CCO)C(C(=O)N(CC=C)C(C)CCC)C23CC(Br)[C@@H]1S3. The number of unbranched alkanes of at least 4 members (excludes halogenated alkanes) is 1. The van der Waals surface area contributed by atoms with E-state index in [1.165, 1.54) is 4.90 Å². The highest BCUT2D eigenvalue weighted by atomic mass is 79.9. The number of esters is 1. The summed E-state index contributed by atoms with van der Waals surface area (Å²) in [5.41, 5.74) is 0. The molecule has 1 N–H and O–H groups in total. The van der Waals surface area contributed by atoms with Gasteiger partial charge in [0.15, 0.2) is 0 Å². The molecule has 9 heteroatoms. The summed E-state index contributed by atoms with van der Waals surface area (Å²) in [6.45, 7) is 12.1. The van der Waals surface area contributed by atoms with Crippen LogP contribution in [0.2, 0.25) is 0 Å². The highest BCUT2D eigenvalue weighted by Crippen LogP contribution is 2.68. The monoisotopic (exact) mass is 556 g/mol. The number of rotatable bonds is 13. The first-order valence-corrected chi connectivity index (χ1v) is 14.0. The van der Waals surface area contributed by atoms with Crippen molar-refractivity contribution in [1.82, 2.24) is 9.80 Å². The molecule has 0 radical (unpaired) electrons. The van der Waals surface area contributed by atoms with E-state index in [1.807, 2.05) is 6.92 Å². The predicted molar refractivity (Wildman–Crippen MR) is 138 cm³/mol. The summed E-state index contributed by atoms with van der Waals surface area (Å²) in [6, 6.07) is -0.740. The van der Waals surface area contributed by atoms with Gasteiger partial charge in [0.2, 0.25) is 11.8 Å². The van der Waals surface area contributed by atoms with Crippen LogP contribution < -0.4 is 0 Å². The van der Waals surface area contributed by atoms with E-state index in [2.05, 4.69) is 36.0 Å². The second-order valence-electron chi connectivity index (χ2n) is 9.43. The van der Waals surface area contributed by atoms with Crippen molar-refractivity contribution in [2.24, 2.45) is 11.8 Å². The Balaban J connectivity index is 1.96. The molecule has 0 saturated carbocycles. The molecule has 3 fully saturated rings. The zero-order valence-electron chi connectivity index (χ0n) is 20.2. The highest BCUT2D eigenvalue weighted by molar-refractivity contribution is 9.09. The fourth-order valence-electron chi connectivity index (χ4n) is 5.88. The number of likely N-dealkylation sites (tertiary alicyclic amines) is 1. The molecule has 3 rings (SSSR count). The average molecular weight is 558 g/mol. The van der Waals surface area contributed by atoms with Crippen LogP contribution in [0.15, 0.2) is 25.3 Å². The van der Waals surface area contributed by atoms with Gasteiger partial charge in [-0.25, -0.2) is 0 Å². The van der Waals surface area contributed by atoms with Crippen molar-refractivity contribution in [3.05, 3.63) is 25.3 Å². The molecule has 3 aliphatic rings. The Hall–Kier alpha value is -1.32. The molecule has 2 bridgehead atoms. The number of thioether (sulfide) groups is 1. The lowest BCUT2D eigenvalue weighted by atomic mass is 9.71. The van der Waals surface area contributed by atoms with Crippen LogP contribution in [0.4, 0.5) is 0 Å². The van der Waals surface area contributed by atoms with Gasteiger partial charge in [-0.1, -0.05) is 41.4 Å². The summed E-state index contributed by atoms with van der Waals surface area (Å²) in [6.07, 6.45) is 7.31. The van der Waals surface area contributed by atoms with Gasteiger partial charge in [0.1, 0.15) is 6.04 Å². The number of hydrogen-bond acceptors (Lipinski definition) is 6. The number of alkyl halides is 1. The highest BCUT2D eigenvalue weighted by Gasteiger charge is 2.76. The number of aliphatic hydroxyl groups is 1. The lowest BCUT2D eigenvalue weighted by Crippen LogP contribution is -2.57. The van der Waals surface area contributed by atoms with Gasteiger partial charge in [-0.2, -0.15) is 0 Å². The van der Waals surface area contributed by atoms with Crippen LogP contribution in [0, 0.1) is 11.8 Å². The minimum Gasteiger partial charge on any atom is -0.465 e. The summed E-state index contributed by atoms with van der Waals surface area (Å²) < 4.78 is 4.86. The minimum absolute atomic E-state index is 0.00225. The number of hydrogen-bond donors (Lipinski definition) is 1. The molecule has 34 heavy (non-hydrogen) atoms. The lowest BCUT2D eigenvalue weighted by Gasteiger charge is -2.39. The van der Waals surface area contributed by atoms with E-state index >= 15 is 0 Å². The Morgan fingerprint density at radius 1 is 1.41 bits per heavy atom. The van der Waals surface area contributed by atoms with Crippen LogP contribution >= 0.6 is 27.7 Å². The first-order valence-electron chi connectivity index (χ1n) is 12.2. The molecule has 2 amide bonds. The van der Waals surface area contributed by atoms with E-state index in [0.29, 0.717) is 19.4 Å². The van der Waals surface area contributed by atoms with Crippen molar-refractivity contribution >= 4 is 45.5 Å². The van der Waals surface area contributed by atoms with E-state index < -0.39 is 22.6 Å². The predicted octanol–water partition coefficient (Wildman–Crippen LogP) is 3.16. The third-order valence-electron chi connectivity index (χ3n) is 7.28. The Bertz CT molecular complexity index is 810. The molecule has 1 spiro atoms. The van der Waals surface area contributed by atoms with E-state index in [0.717, 1.165) is 19.3 Å². The lowest BCUT2D eigenvalue weighted by molar-refractivity contribution is -0.154. The zero-order chi connectivity index (χ0) is 25.0. The summed E-state index contributed by atoms with van der Waals surface area (Å²) in [5, 5.41) is 9.62. The van der Waals surface area contributed by atoms with Crippen molar-refractivity contribution in [3.8, 4) is 0 Å². The van der Waals surface area contributed by atoms with Gasteiger partial charge in [-0.05, 0) is 32.6 Å². The number of aliphatic hydroxyl groups excluding tert-OH is 1. The fraction of sp³-hybridized carbons (Fsp3) is 0.720. The normalized spacial score (nSPS) is 32.4. The maximum absolute atomic E-state index is 14.1. The molecule has 0 aliphatic carbocycles. The van der Waals surface area contributed by atoms with Crippen LogP contribution in [-0.2, 0) is 19.1 Å². The third-order valence-corrected chi connectivity index (χ3v) is 10.5. The number of carbonyl (C=O) groups excluding carboxylic acids is 3. The van der Waals surface area contributed by atoms with Gasteiger partial charge in [0, 0.05) is 29.2 Å². The summed E-state index contributed by atoms with van der Waals surface area (Å²) in [4.78, 5) is 44.3. The number of fused-ring (bicyclic) bond motifs is 1. The van der Waals surface area contributed by atoms with E-state index in [1.54, 1.807) is 28.8 Å². The Labute approximate surface area is 215 Å². The number of amides is 2. The molecule has 3 heterocycles. The number of β-amino-alcohol motifs (C(OH)–C–C–N with tert-alkyl or cyclic N) is 1. The molecule has 0 aromatic carbocycles. The summed E-state index contributed by atoms with van der Waals surface area (Å²) >= 11 is 5.33. The van der Waals surface area contributed by atoms with Gasteiger partial charge in [-0.3, -0.25) is 14.4 Å². The number of carbonyl (C=O) groups is 3. The van der Waals surface area contributed by atoms with Crippen LogP contribution in [0.5, 0.6) is 0 Å². The smallest absolute Gasteiger partial charge is 0.310 e. The fourth-order valence-corrected chi connectivity index (χ4v) is 9.47. The first-order chi connectivity index (χ1) is 16.3. The number of nitrogens with zero attached hydrogens (tertiary/aromatic N) is 2. The van der Waals surface area contributed by atoms with Crippen molar-refractivity contribution in [2.75, 3.05) is 26.3 Å².